The lowest BCUT2D eigenvalue weighted by atomic mass is 9.83. The SMILES string of the molecule is CCC(C)(C)CC1CCCCCCCCCCCO1. The van der Waals surface area contributed by atoms with Gasteiger partial charge in [-0.1, -0.05) is 78.6 Å². The normalized spacial score (nSPS) is 25.1. The summed E-state index contributed by atoms with van der Waals surface area (Å²) in [7, 11) is 0. The standard InChI is InChI=1S/C18H36O/c1-4-18(2,3)16-17-14-12-10-8-6-5-7-9-11-13-15-19-17/h17H,4-16H2,1-3H3. The first kappa shape index (κ1) is 17.0. The Morgan fingerprint density at radius 2 is 1.37 bits per heavy atom. The average Bonchev–Trinajstić information content (AvgIpc) is 2.40. The molecule has 0 aromatic heterocycles. The number of ether oxygens (including phenoxy) is 1. The van der Waals surface area contributed by atoms with Crippen LogP contribution in [-0.2, 0) is 4.74 Å². The highest BCUT2D eigenvalue weighted by atomic mass is 16.5. The molecular formula is C18H36O. The second-order valence-corrected chi connectivity index (χ2v) is 7.19. The summed E-state index contributed by atoms with van der Waals surface area (Å²) in [6, 6.07) is 0. The molecule has 0 aliphatic carbocycles. The molecule has 1 saturated heterocycles. The van der Waals surface area contributed by atoms with Gasteiger partial charge in [-0.15, -0.1) is 0 Å². The van der Waals surface area contributed by atoms with Crippen molar-refractivity contribution in [1.82, 2.24) is 0 Å². The number of rotatable bonds is 3. The Hall–Kier alpha value is -0.0400. The topological polar surface area (TPSA) is 9.23 Å². The van der Waals surface area contributed by atoms with Gasteiger partial charge in [0, 0.05) is 6.61 Å². The second kappa shape index (κ2) is 9.80. The maximum atomic E-state index is 6.19. The molecule has 0 N–H and O–H groups in total. The Bertz CT molecular complexity index is 196. The molecule has 1 atom stereocenters. The maximum Gasteiger partial charge on any atom is 0.0580 e. The van der Waals surface area contributed by atoms with Crippen LogP contribution in [0.4, 0.5) is 0 Å². The fourth-order valence-corrected chi connectivity index (χ4v) is 2.97. The molecule has 1 nitrogen and oxygen atoms in total. The van der Waals surface area contributed by atoms with E-state index in [-0.39, 0.29) is 0 Å². The molecule has 0 aromatic rings. The van der Waals surface area contributed by atoms with Crippen molar-refractivity contribution in [3.63, 3.8) is 0 Å². The van der Waals surface area contributed by atoms with Gasteiger partial charge < -0.3 is 4.74 Å². The molecular weight excluding hydrogens is 232 g/mol. The third-order valence-corrected chi connectivity index (χ3v) is 4.76. The average molecular weight is 268 g/mol. The molecule has 0 bridgehead atoms. The van der Waals surface area contributed by atoms with E-state index in [0.717, 1.165) is 6.61 Å². The molecule has 0 aromatic carbocycles. The summed E-state index contributed by atoms with van der Waals surface area (Å²) in [6.07, 6.45) is 16.9. The van der Waals surface area contributed by atoms with Gasteiger partial charge in [0.15, 0.2) is 0 Å². The Kier molecular flexibility index (Phi) is 8.77. The summed E-state index contributed by atoms with van der Waals surface area (Å²) in [5, 5.41) is 0. The van der Waals surface area contributed by atoms with E-state index in [0.29, 0.717) is 11.5 Å². The first-order valence-electron chi connectivity index (χ1n) is 8.76. The molecule has 1 aliphatic heterocycles. The van der Waals surface area contributed by atoms with Crippen LogP contribution in [-0.4, -0.2) is 12.7 Å². The predicted octanol–water partition coefficient (Wildman–Crippen LogP) is 6.11. The van der Waals surface area contributed by atoms with Crippen LogP contribution >= 0.6 is 0 Å². The van der Waals surface area contributed by atoms with Crippen LogP contribution in [0.15, 0.2) is 0 Å². The molecule has 19 heavy (non-hydrogen) atoms. The third-order valence-electron chi connectivity index (χ3n) is 4.76. The van der Waals surface area contributed by atoms with Gasteiger partial charge in [-0.2, -0.15) is 0 Å². The van der Waals surface area contributed by atoms with Crippen LogP contribution in [0.3, 0.4) is 0 Å². The minimum absolute atomic E-state index is 0.443. The molecule has 1 unspecified atom stereocenters. The van der Waals surface area contributed by atoms with Gasteiger partial charge in [0.2, 0.25) is 0 Å². The molecule has 1 rings (SSSR count). The third kappa shape index (κ3) is 8.68. The predicted molar refractivity (Wildman–Crippen MR) is 84.6 cm³/mol. The van der Waals surface area contributed by atoms with Crippen molar-refractivity contribution < 1.29 is 4.74 Å². The number of hydrogen-bond donors (Lipinski definition) is 0. The van der Waals surface area contributed by atoms with E-state index in [1.807, 2.05) is 0 Å². The van der Waals surface area contributed by atoms with Crippen molar-refractivity contribution in [2.24, 2.45) is 5.41 Å². The minimum Gasteiger partial charge on any atom is -0.378 e. The molecule has 1 aliphatic rings. The van der Waals surface area contributed by atoms with E-state index in [4.69, 9.17) is 4.74 Å². The quantitative estimate of drug-likeness (QED) is 0.600. The molecule has 1 fully saturated rings. The van der Waals surface area contributed by atoms with E-state index in [9.17, 15) is 0 Å². The Balaban J connectivity index is 2.37. The lowest BCUT2D eigenvalue weighted by Crippen LogP contribution is -2.23. The van der Waals surface area contributed by atoms with Crippen molar-refractivity contribution in [2.45, 2.75) is 104 Å². The molecule has 1 heteroatoms. The lowest BCUT2D eigenvalue weighted by Gasteiger charge is -2.29. The van der Waals surface area contributed by atoms with Crippen LogP contribution in [0.1, 0.15) is 97.8 Å². The van der Waals surface area contributed by atoms with Crippen LogP contribution in [0.5, 0.6) is 0 Å². The maximum absolute atomic E-state index is 6.19. The van der Waals surface area contributed by atoms with Crippen LogP contribution in [0, 0.1) is 5.41 Å². The molecule has 0 amide bonds. The summed E-state index contributed by atoms with van der Waals surface area (Å²) in [4.78, 5) is 0. The first-order valence-corrected chi connectivity index (χ1v) is 8.76. The Labute approximate surface area is 121 Å². The summed E-state index contributed by atoms with van der Waals surface area (Å²) >= 11 is 0. The van der Waals surface area contributed by atoms with E-state index in [2.05, 4.69) is 20.8 Å². The van der Waals surface area contributed by atoms with E-state index >= 15 is 0 Å². The van der Waals surface area contributed by atoms with E-state index in [1.165, 1.54) is 77.0 Å². The van der Waals surface area contributed by atoms with Crippen molar-refractivity contribution in [2.75, 3.05) is 6.61 Å². The lowest BCUT2D eigenvalue weighted by molar-refractivity contribution is 0.0132. The summed E-state index contributed by atoms with van der Waals surface area (Å²) in [6.45, 7) is 8.07. The van der Waals surface area contributed by atoms with E-state index in [1.54, 1.807) is 0 Å². The van der Waals surface area contributed by atoms with Crippen LogP contribution in [0.2, 0.25) is 0 Å². The van der Waals surface area contributed by atoms with Gasteiger partial charge in [0.1, 0.15) is 0 Å². The van der Waals surface area contributed by atoms with Crippen molar-refractivity contribution in [1.29, 1.82) is 0 Å². The fourth-order valence-electron chi connectivity index (χ4n) is 2.97. The first-order chi connectivity index (χ1) is 9.14. The van der Waals surface area contributed by atoms with Gasteiger partial charge in [0.05, 0.1) is 6.10 Å². The monoisotopic (exact) mass is 268 g/mol. The Morgan fingerprint density at radius 1 is 0.842 bits per heavy atom. The van der Waals surface area contributed by atoms with Gasteiger partial charge >= 0.3 is 0 Å². The van der Waals surface area contributed by atoms with Crippen LogP contribution in [0.25, 0.3) is 0 Å². The summed E-state index contributed by atoms with van der Waals surface area (Å²) in [5.41, 5.74) is 0.443. The van der Waals surface area contributed by atoms with Gasteiger partial charge in [0.25, 0.3) is 0 Å². The van der Waals surface area contributed by atoms with Gasteiger partial charge in [-0.25, -0.2) is 0 Å². The van der Waals surface area contributed by atoms with Gasteiger partial charge in [-0.3, -0.25) is 0 Å². The zero-order chi connectivity index (χ0) is 14.0. The van der Waals surface area contributed by atoms with Crippen molar-refractivity contribution in [3.05, 3.63) is 0 Å². The Morgan fingerprint density at radius 3 is 1.95 bits per heavy atom. The highest BCUT2D eigenvalue weighted by Gasteiger charge is 2.21. The molecule has 0 spiro atoms. The molecule has 0 saturated carbocycles. The van der Waals surface area contributed by atoms with Crippen molar-refractivity contribution in [3.8, 4) is 0 Å². The molecule has 1 heterocycles. The summed E-state index contributed by atoms with van der Waals surface area (Å²) in [5.74, 6) is 0. The van der Waals surface area contributed by atoms with Crippen LogP contribution < -0.4 is 0 Å². The fraction of sp³-hybridized carbons (Fsp3) is 1.00. The molecule has 114 valence electrons. The zero-order valence-electron chi connectivity index (χ0n) is 13.7. The van der Waals surface area contributed by atoms with Crippen molar-refractivity contribution >= 4 is 0 Å². The molecule has 0 radical (unpaired) electrons. The minimum atomic E-state index is 0.443. The smallest absolute Gasteiger partial charge is 0.0580 e. The number of hydrogen-bond acceptors (Lipinski definition) is 1. The zero-order valence-corrected chi connectivity index (χ0v) is 13.7. The second-order valence-electron chi connectivity index (χ2n) is 7.19. The summed E-state index contributed by atoms with van der Waals surface area (Å²) < 4.78 is 6.19. The highest BCUT2D eigenvalue weighted by molar-refractivity contribution is 4.73. The van der Waals surface area contributed by atoms with Gasteiger partial charge in [-0.05, 0) is 24.7 Å². The largest absolute Gasteiger partial charge is 0.378 e. The van der Waals surface area contributed by atoms with E-state index < -0.39 is 0 Å². The highest BCUT2D eigenvalue weighted by Crippen LogP contribution is 2.29.